The highest BCUT2D eigenvalue weighted by atomic mass is 16.5. The molecule has 12 heavy (non-hydrogen) atoms. The fraction of sp³-hybridized carbons (Fsp3) is 0.500. The minimum atomic E-state index is -0.250. The highest BCUT2D eigenvalue weighted by Crippen LogP contribution is 2.00. The van der Waals surface area contributed by atoms with Crippen molar-refractivity contribution >= 4 is 5.97 Å². The molecule has 0 spiro atoms. The van der Waals surface area contributed by atoms with Gasteiger partial charge in [0, 0.05) is 6.08 Å². The van der Waals surface area contributed by atoms with Gasteiger partial charge in [0.1, 0.15) is 0 Å². The molecule has 0 rings (SSSR count). The fourth-order valence-electron chi connectivity index (χ4n) is 0.748. The molecule has 0 saturated carbocycles. The minimum Gasteiger partial charge on any atom is -0.463 e. The van der Waals surface area contributed by atoms with Crippen LogP contribution in [-0.4, -0.2) is 12.6 Å². The van der Waals surface area contributed by atoms with Crippen molar-refractivity contribution in [3.8, 4) is 0 Å². The quantitative estimate of drug-likeness (QED) is 0.366. The molecule has 0 amide bonds. The van der Waals surface area contributed by atoms with Crippen LogP contribution in [0.3, 0.4) is 0 Å². The summed E-state index contributed by atoms with van der Waals surface area (Å²) in [4.78, 5) is 10.9. The average Bonchev–Trinajstić information content (AvgIpc) is 2.01. The Morgan fingerprint density at radius 3 is 2.67 bits per heavy atom. The van der Waals surface area contributed by atoms with Crippen molar-refractivity contribution in [2.24, 2.45) is 0 Å². The van der Waals surface area contributed by atoms with Gasteiger partial charge >= 0.3 is 5.97 Å². The first-order chi connectivity index (χ1) is 5.70. The van der Waals surface area contributed by atoms with Gasteiger partial charge in [-0.2, -0.15) is 0 Å². The Morgan fingerprint density at radius 2 is 2.17 bits per heavy atom. The van der Waals surface area contributed by atoms with Crippen molar-refractivity contribution in [3.05, 3.63) is 23.8 Å². The van der Waals surface area contributed by atoms with Gasteiger partial charge in [0.25, 0.3) is 0 Å². The van der Waals surface area contributed by atoms with Crippen LogP contribution < -0.4 is 0 Å². The second-order valence-corrected chi connectivity index (χ2v) is 2.52. The zero-order chi connectivity index (χ0) is 9.40. The third-order valence-electron chi connectivity index (χ3n) is 1.33. The van der Waals surface area contributed by atoms with Gasteiger partial charge in [0.15, 0.2) is 0 Å². The number of rotatable bonds is 4. The van der Waals surface area contributed by atoms with Crippen molar-refractivity contribution in [1.82, 2.24) is 0 Å². The predicted octanol–water partition coefficient (Wildman–Crippen LogP) is 2.46. The SMILES string of the molecule is C/C=C/C/C(C)=C\C(=O)OCC. The molecular weight excluding hydrogens is 152 g/mol. The third kappa shape index (κ3) is 5.71. The zero-order valence-electron chi connectivity index (χ0n) is 7.96. The molecule has 0 bridgehead atoms. The molecule has 68 valence electrons. The summed E-state index contributed by atoms with van der Waals surface area (Å²) in [6.07, 6.45) is 6.31. The first kappa shape index (κ1) is 11.0. The summed E-state index contributed by atoms with van der Waals surface area (Å²) >= 11 is 0. The average molecular weight is 168 g/mol. The Morgan fingerprint density at radius 1 is 1.50 bits per heavy atom. The number of carbonyl (C=O) groups is 1. The summed E-state index contributed by atoms with van der Waals surface area (Å²) in [6, 6.07) is 0. The zero-order valence-corrected chi connectivity index (χ0v) is 7.96. The van der Waals surface area contributed by atoms with Crippen LogP contribution in [0.4, 0.5) is 0 Å². The van der Waals surface area contributed by atoms with Gasteiger partial charge in [-0.1, -0.05) is 17.7 Å². The molecule has 0 radical (unpaired) electrons. The maximum atomic E-state index is 10.9. The number of hydrogen-bond acceptors (Lipinski definition) is 2. The maximum Gasteiger partial charge on any atom is 0.330 e. The molecule has 2 nitrogen and oxygen atoms in total. The van der Waals surface area contributed by atoms with Crippen LogP contribution in [0.2, 0.25) is 0 Å². The van der Waals surface area contributed by atoms with Crippen LogP contribution in [0.5, 0.6) is 0 Å². The highest BCUT2D eigenvalue weighted by molar-refractivity contribution is 5.82. The van der Waals surface area contributed by atoms with Gasteiger partial charge in [-0.3, -0.25) is 0 Å². The highest BCUT2D eigenvalue weighted by Gasteiger charge is 1.95. The molecule has 0 saturated heterocycles. The molecule has 0 aliphatic heterocycles. The van der Waals surface area contributed by atoms with Gasteiger partial charge in [-0.15, -0.1) is 0 Å². The van der Waals surface area contributed by atoms with Crippen LogP contribution in [0, 0.1) is 0 Å². The molecule has 0 atom stereocenters. The van der Waals surface area contributed by atoms with E-state index in [9.17, 15) is 4.79 Å². The first-order valence-corrected chi connectivity index (χ1v) is 4.15. The lowest BCUT2D eigenvalue weighted by Crippen LogP contribution is -2.00. The van der Waals surface area contributed by atoms with Crippen molar-refractivity contribution in [3.63, 3.8) is 0 Å². The Balaban J connectivity index is 3.88. The Bertz CT molecular complexity index is 190. The van der Waals surface area contributed by atoms with Gasteiger partial charge in [0.05, 0.1) is 6.61 Å². The second-order valence-electron chi connectivity index (χ2n) is 2.52. The summed E-state index contributed by atoms with van der Waals surface area (Å²) < 4.78 is 4.75. The van der Waals surface area contributed by atoms with Gasteiger partial charge < -0.3 is 4.74 Å². The standard InChI is InChI=1S/C10H16O2/c1-4-6-7-9(3)8-10(11)12-5-2/h4,6,8H,5,7H2,1-3H3/b6-4+,9-8-. The second kappa shape index (κ2) is 6.65. The van der Waals surface area contributed by atoms with Crippen LogP contribution in [-0.2, 0) is 9.53 Å². The summed E-state index contributed by atoms with van der Waals surface area (Å²) in [6.45, 7) is 6.10. The fourth-order valence-corrected chi connectivity index (χ4v) is 0.748. The predicted molar refractivity (Wildman–Crippen MR) is 49.8 cm³/mol. The monoisotopic (exact) mass is 168 g/mol. The van der Waals surface area contributed by atoms with E-state index in [1.54, 1.807) is 6.92 Å². The molecule has 0 aromatic carbocycles. The van der Waals surface area contributed by atoms with Crippen LogP contribution >= 0.6 is 0 Å². The smallest absolute Gasteiger partial charge is 0.330 e. The van der Waals surface area contributed by atoms with E-state index in [-0.39, 0.29) is 5.97 Å². The van der Waals surface area contributed by atoms with Gasteiger partial charge in [-0.05, 0) is 27.2 Å². The summed E-state index contributed by atoms with van der Waals surface area (Å²) in [5, 5.41) is 0. The van der Waals surface area contributed by atoms with Gasteiger partial charge in [-0.25, -0.2) is 4.79 Å². The van der Waals surface area contributed by atoms with Gasteiger partial charge in [0.2, 0.25) is 0 Å². The Labute approximate surface area is 73.9 Å². The van der Waals surface area contributed by atoms with E-state index in [2.05, 4.69) is 0 Å². The summed E-state index contributed by atoms with van der Waals surface area (Å²) in [5.74, 6) is -0.250. The molecule has 0 aliphatic rings. The lowest BCUT2D eigenvalue weighted by atomic mass is 10.2. The van der Waals surface area contributed by atoms with Crippen molar-refractivity contribution in [2.75, 3.05) is 6.61 Å². The normalized spacial score (nSPS) is 12.1. The van der Waals surface area contributed by atoms with E-state index in [4.69, 9.17) is 4.74 Å². The third-order valence-corrected chi connectivity index (χ3v) is 1.33. The summed E-state index contributed by atoms with van der Waals surface area (Å²) in [7, 11) is 0. The lowest BCUT2D eigenvalue weighted by Gasteiger charge is -1.97. The van der Waals surface area contributed by atoms with E-state index in [1.165, 1.54) is 6.08 Å². The van der Waals surface area contributed by atoms with E-state index in [0.29, 0.717) is 6.61 Å². The number of hydrogen-bond donors (Lipinski definition) is 0. The molecule has 0 aliphatic carbocycles. The van der Waals surface area contributed by atoms with Crippen molar-refractivity contribution < 1.29 is 9.53 Å². The van der Waals surface area contributed by atoms with Crippen molar-refractivity contribution in [2.45, 2.75) is 27.2 Å². The number of allylic oxidation sites excluding steroid dienone is 3. The molecule has 0 heterocycles. The molecule has 0 aromatic rings. The van der Waals surface area contributed by atoms with E-state index >= 15 is 0 Å². The first-order valence-electron chi connectivity index (χ1n) is 4.15. The van der Waals surface area contributed by atoms with Crippen molar-refractivity contribution in [1.29, 1.82) is 0 Å². The van der Waals surface area contributed by atoms with E-state index in [1.807, 2.05) is 26.0 Å². The topological polar surface area (TPSA) is 26.3 Å². The molecule has 0 aromatic heterocycles. The van der Waals surface area contributed by atoms with E-state index < -0.39 is 0 Å². The number of esters is 1. The largest absolute Gasteiger partial charge is 0.463 e. The molecule has 2 heteroatoms. The molecule has 0 N–H and O–H groups in total. The van der Waals surface area contributed by atoms with Crippen LogP contribution in [0.25, 0.3) is 0 Å². The summed E-state index contributed by atoms with van der Waals surface area (Å²) in [5.41, 5.74) is 1.02. The maximum absolute atomic E-state index is 10.9. The molecule has 0 unspecified atom stereocenters. The van der Waals surface area contributed by atoms with Crippen LogP contribution in [0.15, 0.2) is 23.8 Å². The Kier molecular flexibility index (Phi) is 6.07. The Hall–Kier alpha value is -1.05. The van der Waals surface area contributed by atoms with Crippen LogP contribution in [0.1, 0.15) is 27.2 Å². The molecular formula is C10H16O2. The lowest BCUT2D eigenvalue weighted by molar-refractivity contribution is -0.137. The number of ether oxygens (including phenoxy) is 1. The molecule has 0 fully saturated rings. The van der Waals surface area contributed by atoms with E-state index in [0.717, 1.165) is 12.0 Å². The number of carbonyl (C=O) groups excluding carboxylic acids is 1. The minimum absolute atomic E-state index is 0.250.